The van der Waals surface area contributed by atoms with Crippen molar-refractivity contribution in [1.82, 2.24) is 14.0 Å². The van der Waals surface area contributed by atoms with E-state index in [2.05, 4.69) is 0 Å². The molecule has 1 N–H and O–H groups in total. The molecule has 0 atom stereocenters. The predicted molar refractivity (Wildman–Crippen MR) is 174 cm³/mol. The monoisotopic (exact) mass is 643 g/mol. The first kappa shape index (κ1) is 34.4. The maximum atomic E-state index is 14.0. The molecule has 45 heavy (non-hydrogen) atoms. The van der Waals surface area contributed by atoms with Crippen LogP contribution in [-0.4, -0.2) is 77.1 Å². The number of amides is 1. The summed E-state index contributed by atoms with van der Waals surface area (Å²) in [6.07, 6.45) is 4.84. The molecule has 246 valence electrons. The van der Waals surface area contributed by atoms with Crippen LogP contribution in [-0.2, 0) is 32.8 Å². The van der Waals surface area contributed by atoms with Crippen LogP contribution in [0.1, 0.15) is 73.7 Å². The van der Waals surface area contributed by atoms with Gasteiger partial charge in [0, 0.05) is 32.8 Å². The number of rotatable bonds is 8. The van der Waals surface area contributed by atoms with Gasteiger partial charge in [-0.1, -0.05) is 18.2 Å². The molecule has 0 saturated carbocycles. The Morgan fingerprint density at radius 2 is 1.76 bits per heavy atom. The second-order valence-electron chi connectivity index (χ2n) is 11.8. The van der Waals surface area contributed by atoms with Gasteiger partial charge in [-0.05, 0) is 83.4 Å². The van der Waals surface area contributed by atoms with Crippen LogP contribution in [0.15, 0.2) is 33.9 Å². The topological polar surface area (TPSA) is 129 Å². The van der Waals surface area contributed by atoms with E-state index in [1.54, 1.807) is 39.7 Å². The van der Waals surface area contributed by atoms with Crippen LogP contribution in [0.5, 0.6) is 5.75 Å². The number of methoxy groups -OCH3 is 1. The first-order valence-electron chi connectivity index (χ1n) is 15.7. The van der Waals surface area contributed by atoms with Crippen LogP contribution < -0.4 is 16.0 Å². The molecular weight excluding hydrogens is 598 g/mol. The second-order valence-corrected chi connectivity index (χ2v) is 12.8. The number of para-hydroxylation sites is 1. The molecule has 11 nitrogen and oxygen atoms in total. The van der Waals surface area contributed by atoms with Crippen molar-refractivity contribution in [3.8, 4) is 5.75 Å². The third-order valence-electron chi connectivity index (χ3n) is 8.39. The van der Waals surface area contributed by atoms with Crippen LogP contribution in [0.3, 0.4) is 0 Å². The van der Waals surface area contributed by atoms with Crippen molar-refractivity contribution in [3.63, 3.8) is 0 Å². The third kappa shape index (κ3) is 7.50. The molecule has 0 spiro atoms. The van der Waals surface area contributed by atoms with Gasteiger partial charge in [-0.2, -0.15) is 0 Å². The molecule has 0 bridgehead atoms. The molecule has 5 rings (SSSR count). The summed E-state index contributed by atoms with van der Waals surface area (Å²) in [6, 6.07) is 7.54. The number of thiophene rings is 1. The van der Waals surface area contributed by atoms with E-state index in [-0.39, 0.29) is 35.4 Å². The number of hydrogen-bond acceptors (Lipinski definition) is 9. The van der Waals surface area contributed by atoms with Gasteiger partial charge in [0.25, 0.3) is 5.56 Å². The maximum Gasteiger partial charge on any atom is 0.348 e. The highest BCUT2D eigenvalue weighted by Crippen LogP contribution is 2.30. The summed E-state index contributed by atoms with van der Waals surface area (Å²) in [5.41, 5.74) is -1.21. The number of benzene rings is 1. The van der Waals surface area contributed by atoms with Crippen LogP contribution >= 0.6 is 11.3 Å². The number of carbonyl (C=O) groups excluding carboxylic acids is 2. The van der Waals surface area contributed by atoms with E-state index in [0.717, 1.165) is 66.8 Å². The molecule has 2 fully saturated rings. The van der Waals surface area contributed by atoms with Crippen molar-refractivity contribution < 1.29 is 28.9 Å². The number of aromatic nitrogens is 2. The van der Waals surface area contributed by atoms with Gasteiger partial charge < -0.3 is 24.2 Å². The fourth-order valence-electron chi connectivity index (χ4n) is 5.83. The van der Waals surface area contributed by atoms with Crippen LogP contribution in [0.25, 0.3) is 10.2 Å². The van der Waals surface area contributed by atoms with Crippen molar-refractivity contribution in [2.45, 2.75) is 84.4 Å². The van der Waals surface area contributed by atoms with Gasteiger partial charge in [0.1, 0.15) is 21.0 Å². The lowest BCUT2D eigenvalue weighted by atomic mass is 10.00. The van der Waals surface area contributed by atoms with E-state index in [9.17, 15) is 19.2 Å². The number of aliphatic hydroxyl groups is 1. The number of likely N-dealkylation sites (tertiary alicyclic amines) is 1. The quantitative estimate of drug-likeness (QED) is 0.367. The van der Waals surface area contributed by atoms with E-state index in [0.29, 0.717) is 35.7 Å². The fourth-order valence-corrected chi connectivity index (χ4v) is 7.05. The van der Waals surface area contributed by atoms with Gasteiger partial charge in [0.05, 0.1) is 25.2 Å². The Bertz CT molecular complexity index is 1610. The molecule has 4 heterocycles. The molecule has 0 radical (unpaired) electrons. The maximum absolute atomic E-state index is 14.0. The van der Waals surface area contributed by atoms with Crippen LogP contribution in [0.4, 0.5) is 0 Å². The Labute approximate surface area is 267 Å². The molecule has 2 saturated heterocycles. The zero-order valence-corrected chi connectivity index (χ0v) is 27.7. The lowest BCUT2D eigenvalue weighted by Crippen LogP contribution is -2.57. The summed E-state index contributed by atoms with van der Waals surface area (Å²) >= 11 is 1.08. The first-order chi connectivity index (χ1) is 21.5. The number of aryl methyl sites for hydroxylation is 3. The molecule has 2 aliphatic rings. The molecular formula is C33H45N3O8S. The molecule has 1 aromatic carbocycles. The second kappa shape index (κ2) is 15.2. The number of hydrogen-bond donors (Lipinski definition) is 1. The Kier molecular flexibility index (Phi) is 11.6. The van der Waals surface area contributed by atoms with Crippen LogP contribution in [0, 0.1) is 6.92 Å². The van der Waals surface area contributed by atoms with Gasteiger partial charge in [-0.15, -0.1) is 11.3 Å². The average Bonchev–Trinajstić information content (AvgIpc) is 3.39. The molecule has 3 aromatic rings. The standard InChI is InChI=1S/C28H35N3O6S.C5H10O2/c1-6-37-25(33)22-18(2)21-23(32)31(28(3,4)26(34)29-15-10-7-11-16-29)27(35)30(24(21)38-22)17-14-19-12-8-9-13-20(19)36-5;6-5-1-3-7-4-2-5/h8-9,12-13H,6-7,10-11,14-17H2,1-5H3;5-6H,1-4H2. The average molecular weight is 644 g/mol. The molecule has 2 aliphatic heterocycles. The minimum atomic E-state index is -1.41. The normalized spacial score (nSPS) is 15.8. The Morgan fingerprint density at radius 3 is 2.36 bits per heavy atom. The zero-order chi connectivity index (χ0) is 32.7. The SMILES string of the molecule is CCOC(=O)c1sc2c(c1C)c(=O)n(C(C)(C)C(=O)N1CCCCC1)c(=O)n2CCc1ccccc1OC.OC1CCOCC1. The van der Waals surface area contributed by atoms with Crippen molar-refractivity contribution in [1.29, 1.82) is 0 Å². The number of piperidine rings is 1. The molecule has 12 heteroatoms. The Hall–Kier alpha value is -3.48. The number of carbonyl (C=O) groups is 2. The minimum Gasteiger partial charge on any atom is -0.496 e. The van der Waals surface area contributed by atoms with Crippen molar-refractivity contribution in [3.05, 3.63) is 61.1 Å². The summed E-state index contributed by atoms with van der Waals surface area (Å²) in [4.78, 5) is 56.8. The summed E-state index contributed by atoms with van der Waals surface area (Å²) in [7, 11) is 1.59. The minimum absolute atomic E-state index is 0.0891. The van der Waals surface area contributed by atoms with E-state index >= 15 is 0 Å². The van der Waals surface area contributed by atoms with Gasteiger partial charge >= 0.3 is 11.7 Å². The first-order valence-corrected chi connectivity index (χ1v) is 16.5. The number of ether oxygens (including phenoxy) is 3. The smallest absolute Gasteiger partial charge is 0.348 e. The lowest BCUT2D eigenvalue weighted by molar-refractivity contribution is -0.140. The summed E-state index contributed by atoms with van der Waals surface area (Å²) < 4.78 is 18.3. The number of esters is 1. The highest BCUT2D eigenvalue weighted by Gasteiger charge is 2.38. The van der Waals surface area contributed by atoms with E-state index in [1.807, 2.05) is 24.3 Å². The highest BCUT2D eigenvalue weighted by atomic mass is 32.1. The van der Waals surface area contributed by atoms with Crippen molar-refractivity contribution in [2.75, 3.05) is 40.0 Å². The highest BCUT2D eigenvalue weighted by molar-refractivity contribution is 7.20. The van der Waals surface area contributed by atoms with E-state index in [1.165, 1.54) is 4.57 Å². The van der Waals surface area contributed by atoms with Crippen molar-refractivity contribution in [2.24, 2.45) is 0 Å². The number of fused-ring (bicyclic) bond motifs is 1. The summed E-state index contributed by atoms with van der Waals surface area (Å²) in [6.45, 7) is 9.74. The largest absolute Gasteiger partial charge is 0.496 e. The van der Waals surface area contributed by atoms with E-state index < -0.39 is 22.8 Å². The lowest BCUT2D eigenvalue weighted by Gasteiger charge is -2.35. The van der Waals surface area contributed by atoms with Gasteiger partial charge in [0.2, 0.25) is 5.91 Å². The Morgan fingerprint density at radius 1 is 1.09 bits per heavy atom. The van der Waals surface area contributed by atoms with Gasteiger partial charge in [-0.3, -0.25) is 14.2 Å². The number of nitrogens with zero attached hydrogens (tertiary/aromatic N) is 3. The molecule has 1 amide bonds. The zero-order valence-electron chi connectivity index (χ0n) is 26.9. The molecule has 0 unspecified atom stereocenters. The van der Waals surface area contributed by atoms with E-state index in [4.69, 9.17) is 19.3 Å². The van der Waals surface area contributed by atoms with Crippen molar-refractivity contribution >= 4 is 33.4 Å². The van der Waals surface area contributed by atoms with Crippen LogP contribution in [0.2, 0.25) is 0 Å². The molecule has 0 aliphatic carbocycles. The number of aliphatic hydroxyl groups excluding tert-OH is 1. The fraction of sp³-hybridized carbons (Fsp3) is 0.576. The van der Waals surface area contributed by atoms with Gasteiger partial charge in [-0.25, -0.2) is 14.2 Å². The molecule has 2 aromatic heterocycles. The summed E-state index contributed by atoms with van der Waals surface area (Å²) in [5.74, 6) is -0.102. The van der Waals surface area contributed by atoms with Gasteiger partial charge in [0.15, 0.2) is 0 Å². The predicted octanol–water partition coefficient (Wildman–Crippen LogP) is 3.87. The summed E-state index contributed by atoms with van der Waals surface area (Å²) in [5, 5.41) is 9.09. The third-order valence-corrected chi connectivity index (χ3v) is 9.68. The Balaban J connectivity index is 0.000000580.